The van der Waals surface area contributed by atoms with Crippen LogP contribution in [0.1, 0.15) is 31.2 Å². The molecule has 1 N–H and O–H groups in total. The van der Waals surface area contributed by atoms with Gasteiger partial charge in [0, 0.05) is 38.6 Å². The van der Waals surface area contributed by atoms with Gasteiger partial charge in [-0.15, -0.1) is 0 Å². The summed E-state index contributed by atoms with van der Waals surface area (Å²) in [7, 11) is 0. The highest BCUT2D eigenvalue weighted by molar-refractivity contribution is 5.83. The molecule has 0 bridgehead atoms. The van der Waals surface area contributed by atoms with Crippen molar-refractivity contribution in [1.29, 1.82) is 0 Å². The summed E-state index contributed by atoms with van der Waals surface area (Å²) in [5.74, 6) is 0.168. The Bertz CT molecular complexity index is 558. The maximum atomic E-state index is 13.3. The van der Waals surface area contributed by atoms with E-state index < -0.39 is 0 Å². The van der Waals surface area contributed by atoms with E-state index in [1.54, 1.807) is 12.1 Å². The maximum Gasteiger partial charge on any atom is 0.226 e. The number of β-amino-alcohol motifs (C(OH)–C–C–N with tert-alkyl or cyclic N) is 1. The summed E-state index contributed by atoms with van der Waals surface area (Å²) in [6, 6.07) is 6.60. The lowest BCUT2D eigenvalue weighted by Crippen LogP contribution is -2.50. The number of carbonyl (C=O) groups excluding carboxylic acids is 1. The molecule has 1 aromatic carbocycles. The quantitative estimate of drug-likeness (QED) is 0.900. The Hall–Kier alpha value is -1.46. The number of carbonyl (C=O) groups is 1. The molecule has 5 heteroatoms. The summed E-state index contributed by atoms with van der Waals surface area (Å²) in [6.07, 6.45) is 1.31. The number of piperazine rings is 1. The number of hydrogen-bond donors (Lipinski definition) is 1. The normalized spacial score (nSPS) is 26.1. The van der Waals surface area contributed by atoms with Gasteiger partial charge in [-0.2, -0.15) is 0 Å². The SMILES string of the molecule is CC[C@H](O)CN1CCN(C(=O)[C@H]2C[C@@H]2c2cccc(F)c2)CC1. The van der Waals surface area contributed by atoms with Crippen molar-refractivity contribution in [2.24, 2.45) is 5.92 Å². The van der Waals surface area contributed by atoms with Crippen LogP contribution in [-0.4, -0.2) is 59.6 Å². The summed E-state index contributed by atoms with van der Waals surface area (Å²) in [5, 5.41) is 9.71. The van der Waals surface area contributed by atoms with Gasteiger partial charge in [-0.25, -0.2) is 4.39 Å². The van der Waals surface area contributed by atoms with Crippen LogP contribution in [0.4, 0.5) is 4.39 Å². The Morgan fingerprint density at radius 1 is 1.35 bits per heavy atom. The first-order chi connectivity index (χ1) is 11.1. The highest BCUT2D eigenvalue weighted by Gasteiger charge is 2.46. The summed E-state index contributed by atoms with van der Waals surface area (Å²) < 4.78 is 13.3. The van der Waals surface area contributed by atoms with Gasteiger partial charge in [0.15, 0.2) is 0 Å². The van der Waals surface area contributed by atoms with Gasteiger partial charge in [-0.1, -0.05) is 19.1 Å². The number of hydrogen-bond acceptors (Lipinski definition) is 3. The van der Waals surface area contributed by atoms with E-state index in [0.29, 0.717) is 6.54 Å². The number of halogens is 1. The summed E-state index contributed by atoms with van der Waals surface area (Å²) in [4.78, 5) is 16.7. The lowest BCUT2D eigenvalue weighted by Gasteiger charge is -2.35. The summed E-state index contributed by atoms with van der Waals surface area (Å²) in [5.41, 5.74) is 0.938. The molecule has 1 aromatic rings. The Kier molecular flexibility index (Phi) is 4.97. The van der Waals surface area contributed by atoms with Crippen LogP contribution in [-0.2, 0) is 4.79 Å². The molecular weight excluding hydrogens is 295 g/mol. The van der Waals surface area contributed by atoms with Crippen LogP contribution in [0, 0.1) is 11.7 Å². The average molecular weight is 320 g/mol. The first-order valence-electron chi connectivity index (χ1n) is 8.53. The number of benzene rings is 1. The molecule has 1 saturated carbocycles. The second-order valence-electron chi connectivity index (χ2n) is 6.69. The van der Waals surface area contributed by atoms with Gasteiger partial charge in [-0.3, -0.25) is 9.69 Å². The van der Waals surface area contributed by atoms with Crippen molar-refractivity contribution in [2.75, 3.05) is 32.7 Å². The molecule has 126 valence electrons. The van der Waals surface area contributed by atoms with E-state index in [-0.39, 0.29) is 29.7 Å². The molecule has 3 rings (SSSR count). The number of rotatable bonds is 5. The largest absolute Gasteiger partial charge is 0.392 e. The second-order valence-corrected chi connectivity index (χ2v) is 6.69. The third-order valence-electron chi connectivity index (χ3n) is 5.01. The van der Waals surface area contributed by atoms with Crippen LogP contribution < -0.4 is 0 Å². The Labute approximate surface area is 136 Å². The second kappa shape index (κ2) is 6.97. The average Bonchev–Trinajstić information content (AvgIpc) is 3.35. The molecular formula is C18H25FN2O2. The summed E-state index contributed by atoms with van der Waals surface area (Å²) >= 11 is 0. The minimum Gasteiger partial charge on any atom is -0.392 e. The monoisotopic (exact) mass is 320 g/mol. The Balaban J connectivity index is 1.49. The molecule has 0 spiro atoms. The minimum absolute atomic E-state index is 0.0181. The molecule has 3 atom stereocenters. The van der Waals surface area contributed by atoms with Crippen LogP contribution in [0.25, 0.3) is 0 Å². The molecule has 0 radical (unpaired) electrons. The maximum absolute atomic E-state index is 13.3. The van der Waals surface area contributed by atoms with E-state index in [4.69, 9.17) is 0 Å². The summed E-state index contributed by atoms with van der Waals surface area (Å²) in [6.45, 7) is 5.75. The smallest absolute Gasteiger partial charge is 0.226 e. The first kappa shape index (κ1) is 16.4. The fourth-order valence-corrected chi connectivity index (χ4v) is 3.39. The predicted octanol–water partition coefficient (Wildman–Crippen LogP) is 1.84. The van der Waals surface area contributed by atoms with Crippen LogP contribution >= 0.6 is 0 Å². The van der Waals surface area contributed by atoms with E-state index in [1.807, 2.05) is 17.9 Å². The van der Waals surface area contributed by atoms with E-state index in [9.17, 15) is 14.3 Å². The third kappa shape index (κ3) is 3.90. The zero-order valence-electron chi connectivity index (χ0n) is 13.6. The van der Waals surface area contributed by atoms with Gasteiger partial charge in [0.1, 0.15) is 5.82 Å². The van der Waals surface area contributed by atoms with Crippen LogP contribution in [0.3, 0.4) is 0 Å². The van der Waals surface area contributed by atoms with Crippen LogP contribution in [0.15, 0.2) is 24.3 Å². The zero-order valence-corrected chi connectivity index (χ0v) is 13.6. The molecule has 2 fully saturated rings. The van der Waals surface area contributed by atoms with Crippen LogP contribution in [0.5, 0.6) is 0 Å². The van der Waals surface area contributed by atoms with Crippen molar-refractivity contribution in [3.63, 3.8) is 0 Å². The van der Waals surface area contributed by atoms with Gasteiger partial charge in [0.05, 0.1) is 6.10 Å². The highest BCUT2D eigenvalue weighted by Crippen LogP contribution is 2.48. The molecule has 1 amide bonds. The van der Waals surface area contributed by atoms with E-state index in [0.717, 1.165) is 44.6 Å². The fraction of sp³-hybridized carbons (Fsp3) is 0.611. The fourth-order valence-electron chi connectivity index (χ4n) is 3.39. The van der Waals surface area contributed by atoms with Crippen molar-refractivity contribution in [3.05, 3.63) is 35.6 Å². The first-order valence-corrected chi connectivity index (χ1v) is 8.53. The van der Waals surface area contributed by atoms with Crippen molar-refractivity contribution in [2.45, 2.75) is 31.8 Å². The highest BCUT2D eigenvalue weighted by atomic mass is 19.1. The molecule has 4 nitrogen and oxygen atoms in total. The number of aliphatic hydroxyl groups excluding tert-OH is 1. The van der Waals surface area contributed by atoms with Gasteiger partial charge < -0.3 is 10.0 Å². The molecule has 1 saturated heterocycles. The molecule has 1 aliphatic heterocycles. The number of nitrogens with zero attached hydrogens (tertiary/aromatic N) is 2. The lowest BCUT2D eigenvalue weighted by molar-refractivity contribution is -0.134. The van der Waals surface area contributed by atoms with Gasteiger partial charge in [-0.05, 0) is 36.5 Å². The topological polar surface area (TPSA) is 43.8 Å². The minimum atomic E-state index is -0.280. The zero-order chi connectivity index (χ0) is 16.4. The van der Waals surface area contributed by atoms with Crippen LogP contribution in [0.2, 0.25) is 0 Å². The van der Waals surface area contributed by atoms with Gasteiger partial charge in [0.25, 0.3) is 0 Å². The van der Waals surface area contributed by atoms with E-state index in [1.165, 1.54) is 6.07 Å². The number of aliphatic hydroxyl groups is 1. The molecule has 23 heavy (non-hydrogen) atoms. The molecule has 1 heterocycles. The third-order valence-corrected chi connectivity index (χ3v) is 5.01. The van der Waals surface area contributed by atoms with Crippen molar-refractivity contribution < 1.29 is 14.3 Å². The van der Waals surface area contributed by atoms with Gasteiger partial charge in [0.2, 0.25) is 5.91 Å². The van der Waals surface area contributed by atoms with Crippen molar-refractivity contribution in [3.8, 4) is 0 Å². The van der Waals surface area contributed by atoms with E-state index >= 15 is 0 Å². The Morgan fingerprint density at radius 2 is 2.09 bits per heavy atom. The lowest BCUT2D eigenvalue weighted by atomic mass is 10.1. The Morgan fingerprint density at radius 3 is 2.74 bits per heavy atom. The van der Waals surface area contributed by atoms with Crippen molar-refractivity contribution >= 4 is 5.91 Å². The number of amides is 1. The molecule has 2 aliphatic rings. The molecule has 1 aliphatic carbocycles. The van der Waals surface area contributed by atoms with Crippen molar-refractivity contribution in [1.82, 2.24) is 9.80 Å². The molecule has 0 aromatic heterocycles. The predicted molar refractivity (Wildman–Crippen MR) is 86.6 cm³/mol. The van der Waals surface area contributed by atoms with Gasteiger partial charge >= 0.3 is 0 Å². The standard InChI is InChI=1S/C18H25FN2O2/c1-2-15(22)12-20-6-8-21(9-7-20)18(23)17-11-16(17)13-4-3-5-14(19)10-13/h3-5,10,15-17,22H,2,6-9,11-12H2,1H3/t15-,16+,17-/m0/s1. The van der Waals surface area contributed by atoms with E-state index in [2.05, 4.69) is 4.90 Å². The molecule has 0 unspecified atom stereocenters.